The summed E-state index contributed by atoms with van der Waals surface area (Å²) >= 11 is 0. The van der Waals surface area contributed by atoms with Crippen LogP contribution in [-0.4, -0.2) is 41.9 Å². The third kappa shape index (κ3) is 3.84. The Morgan fingerprint density at radius 3 is 2.62 bits per heavy atom. The number of imide groups is 1. The lowest BCUT2D eigenvalue weighted by molar-refractivity contribution is -0.128. The van der Waals surface area contributed by atoms with Gasteiger partial charge in [-0.15, -0.1) is 0 Å². The molecule has 7 nitrogen and oxygen atoms in total. The molecular weight excluding hydrogens is 310 g/mol. The maximum Gasteiger partial charge on any atom is 0.325 e. The van der Waals surface area contributed by atoms with Gasteiger partial charge in [0.15, 0.2) is 0 Å². The van der Waals surface area contributed by atoms with Gasteiger partial charge in [-0.3, -0.25) is 14.5 Å². The molecule has 1 aromatic carbocycles. The van der Waals surface area contributed by atoms with Crippen LogP contribution in [0.2, 0.25) is 0 Å². The summed E-state index contributed by atoms with van der Waals surface area (Å²) in [5.41, 5.74) is 0.839. The summed E-state index contributed by atoms with van der Waals surface area (Å²) in [7, 11) is 1.58. The second-order valence-corrected chi connectivity index (χ2v) is 6.15. The average Bonchev–Trinajstić information content (AvgIpc) is 3.35. The smallest absolute Gasteiger partial charge is 0.325 e. The fourth-order valence-electron chi connectivity index (χ4n) is 2.64. The lowest BCUT2D eigenvalue weighted by atomic mass is 10.1. The van der Waals surface area contributed by atoms with E-state index in [0.29, 0.717) is 12.5 Å². The van der Waals surface area contributed by atoms with Crippen LogP contribution in [0.1, 0.15) is 31.2 Å². The molecular formula is C17H21N3O4. The van der Waals surface area contributed by atoms with E-state index in [2.05, 4.69) is 10.6 Å². The Hall–Kier alpha value is -2.57. The summed E-state index contributed by atoms with van der Waals surface area (Å²) in [4.78, 5) is 37.3. The number of benzene rings is 1. The van der Waals surface area contributed by atoms with E-state index in [0.717, 1.165) is 24.2 Å². The molecule has 0 bridgehead atoms. The Kier molecular flexibility index (Phi) is 4.69. The zero-order valence-corrected chi connectivity index (χ0v) is 13.6. The third-order valence-corrected chi connectivity index (χ3v) is 4.21. The van der Waals surface area contributed by atoms with Crippen LogP contribution >= 0.6 is 0 Å². The Balaban J connectivity index is 1.53. The Bertz CT molecular complexity index is 640. The van der Waals surface area contributed by atoms with Crippen LogP contribution in [0.25, 0.3) is 0 Å². The Labute approximate surface area is 140 Å². The molecule has 1 aromatic rings. The number of urea groups is 1. The third-order valence-electron chi connectivity index (χ3n) is 4.21. The van der Waals surface area contributed by atoms with Gasteiger partial charge in [0.25, 0.3) is 5.91 Å². The van der Waals surface area contributed by atoms with Crippen molar-refractivity contribution in [1.82, 2.24) is 15.5 Å². The number of rotatable bonds is 7. The first kappa shape index (κ1) is 16.3. The summed E-state index contributed by atoms with van der Waals surface area (Å²) in [6, 6.07) is 6.47. The topological polar surface area (TPSA) is 87.7 Å². The molecule has 2 N–H and O–H groups in total. The van der Waals surface area contributed by atoms with Crippen LogP contribution in [-0.2, 0) is 16.1 Å². The summed E-state index contributed by atoms with van der Waals surface area (Å²) in [6.07, 6.45) is 2.62. The van der Waals surface area contributed by atoms with Gasteiger partial charge in [0.2, 0.25) is 5.91 Å². The van der Waals surface area contributed by atoms with E-state index in [1.165, 1.54) is 4.90 Å². The lowest BCUT2D eigenvalue weighted by Gasteiger charge is -2.13. The summed E-state index contributed by atoms with van der Waals surface area (Å²) < 4.78 is 5.09. The Morgan fingerprint density at radius 1 is 1.29 bits per heavy atom. The van der Waals surface area contributed by atoms with Crippen molar-refractivity contribution in [3.63, 3.8) is 0 Å². The highest BCUT2D eigenvalue weighted by Crippen LogP contribution is 2.20. The number of ether oxygens (including phenoxy) is 1. The van der Waals surface area contributed by atoms with Crippen LogP contribution < -0.4 is 15.4 Å². The van der Waals surface area contributed by atoms with E-state index in [-0.39, 0.29) is 24.8 Å². The van der Waals surface area contributed by atoms with E-state index < -0.39 is 12.1 Å². The zero-order valence-electron chi connectivity index (χ0n) is 13.6. The standard InChI is InChI=1S/C17H21N3O4/c1-24-13-6-2-11(3-7-13)10-20-16(22)14(19-17(20)23)8-9-15(21)18-12-4-5-12/h2-3,6-7,12,14H,4-5,8-10H2,1H3,(H,18,21)(H,19,23)/t14-/m0/s1. The predicted molar refractivity (Wildman–Crippen MR) is 86.3 cm³/mol. The molecule has 1 atom stereocenters. The average molecular weight is 331 g/mol. The van der Waals surface area contributed by atoms with Crippen LogP contribution in [0.5, 0.6) is 5.75 Å². The second kappa shape index (κ2) is 6.90. The number of carbonyl (C=O) groups is 3. The molecule has 2 fully saturated rings. The molecule has 0 aromatic heterocycles. The Morgan fingerprint density at radius 2 is 2.00 bits per heavy atom. The first-order valence-corrected chi connectivity index (χ1v) is 8.11. The first-order valence-electron chi connectivity index (χ1n) is 8.11. The molecule has 1 aliphatic carbocycles. The summed E-state index contributed by atoms with van der Waals surface area (Å²) in [5.74, 6) is 0.374. The molecule has 24 heavy (non-hydrogen) atoms. The molecule has 0 unspecified atom stereocenters. The number of nitrogens with zero attached hydrogens (tertiary/aromatic N) is 1. The minimum absolute atomic E-state index is 0.0619. The van der Waals surface area contributed by atoms with Gasteiger partial charge in [-0.2, -0.15) is 0 Å². The zero-order chi connectivity index (χ0) is 17.1. The van der Waals surface area contributed by atoms with Crippen molar-refractivity contribution in [3.8, 4) is 5.75 Å². The van der Waals surface area contributed by atoms with E-state index >= 15 is 0 Å². The largest absolute Gasteiger partial charge is 0.497 e. The molecule has 7 heteroatoms. The number of carbonyl (C=O) groups excluding carboxylic acids is 3. The van der Waals surface area contributed by atoms with Gasteiger partial charge in [-0.25, -0.2) is 4.79 Å². The van der Waals surface area contributed by atoms with Gasteiger partial charge in [-0.1, -0.05) is 12.1 Å². The van der Waals surface area contributed by atoms with Crippen molar-refractivity contribution in [2.45, 2.75) is 44.3 Å². The van der Waals surface area contributed by atoms with E-state index in [4.69, 9.17) is 4.74 Å². The van der Waals surface area contributed by atoms with Gasteiger partial charge in [-0.05, 0) is 37.0 Å². The molecule has 3 rings (SSSR count). The fraction of sp³-hybridized carbons (Fsp3) is 0.471. The molecule has 1 aliphatic heterocycles. The summed E-state index contributed by atoms with van der Waals surface area (Å²) in [6.45, 7) is 0.208. The first-order chi connectivity index (χ1) is 11.6. The van der Waals surface area contributed by atoms with Gasteiger partial charge >= 0.3 is 6.03 Å². The fourth-order valence-corrected chi connectivity index (χ4v) is 2.64. The van der Waals surface area contributed by atoms with Crippen LogP contribution in [0.3, 0.4) is 0 Å². The highest BCUT2D eigenvalue weighted by Gasteiger charge is 2.38. The molecule has 4 amide bonds. The van der Waals surface area contributed by atoms with Crippen molar-refractivity contribution in [3.05, 3.63) is 29.8 Å². The van der Waals surface area contributed by atoms with E-state index in [9.17, 15) is 14.4 Å². The van der Waals surface area contributed by atoms with Gasteiger partial charge in [0.1, 0.15) is 11.8 Å². The van der Waals surface area contributed by atoms with E-state index in [1.54, 1.807) is 19.2 Å². The van der Waals surface area contributed by atoms with Crippen molar-refractivity contribution >= 4 is 17.8 Å². The van der Waals surface area contributed by atoms with Gasteiger partial charge in [0.05, 0.1) is 13.7 Å². The highest BCUT2D eigenvalue weighted by atomic mass is 16.5. The monoisotopic (exact) mass is 331 g/mol. The molecule has 0 spiro atoms. The number of hydrogen-bond acceptors (Lipinski definition) is 4. The minimum atomic E-state index is -0.624. The maximum absolute atomic E-state index is 12.4. The maximum atomic E-state index is 12.4. The minimum Gasteiger partial charge on any atom is -0.497 e. The molecule has 0 radical (unpaired) electrons. The van der Waals surface area contributed by atoms with Crippen molar-refractivity contribution in [1.29, 1.82) is 0 Å². The molecule has 128 valence electrons. The second-order valence-electron chi connectivity index (χ2n) is 6.15. The van der Waals surface area contributed by atoms with Gasteiger partial charge < -0.3 is 15.4 Å². The molecule has 1 heterocycles. The molecule has 2 aliphatic rings. The lowest BCUT2D eigenvalue weighted by Crippen LogP contribution is -2.33. The molecule has 1 saturated carbocycles. The van der Waals surface area contributed by atoms with Crippen molar-refractivity contribution in [2.24, 2.45) is 0 Å². The van der Waals surface area contributed by atoms with Crippen molar-refractivity contribution in [2.75, 3.05) is 7.11 Å². The number of methoxy groups -OCH3 is 1. The quantitative estimate of drug-likeness (QED) is 0.734. The van der Waals surface area contributed by atoms with Crippen molar-refractivity contribution < 1.29 is 19.1 Å². The number of nitrogens with one attached hydrogen (secondary N) is 2. The summed E-state index contributed by atoms with van der Waals surface area (Å²) in [5, 5.41) is 5.53. The predicted octanol–water partition coefficient (Wildman–Crippen LogP) is 1.17. The SMILES string of the molecule is COc1ccc(CN2C(=O)N[C@@H](CCC(=O)NC3CC3)C2=O)cc1. The van der Waals surface area contributed by atoms with Crippen LogP contribution in [0.15, 0.2) is 24.3 Å². The van der Waals surface area contributed by atoms with Crippen LogP contribution in [0.4, 0.5) is 4.79 Å². The highest BCUT2D eigenvalue weighted by molar-refractivity contribution is 6.04. The number of amides is 4. The number of hydrogen-bond donors (Lipinski definition) is 2. The van der Waals surface area contributed by atoms with E-state index in [1.807, 2.05) is 12.1 Å². The van der Waals surface area contributed by atoms with Gasteiger partial charge in [0, 0.05) is 12.5 Å². The molecule has 1 saturated heterocycles. The van der Waals surface area contributed by atoms with Crippen LogP contribution in [0, 0.1) is 0 Å². The normalized spacial score (nSPS) is 20.0.